The summed E-state index contributed by atoms with van der Waals surface area (Å²) < 4.78 is 27.5. The lowest BCUT2D eigenvalue weighted by Gasteiger charge is -2.34. The van der Waals surface area contributed by atoms with Crippen molar-refractivity contribution in [3.63, 3.8) is 0 Å². The van der Waals surface area contributed by atoms with Crippen LogP contribution in [0.15, 0.2) is 29.2 Å². The highest BCUT2D eigenvalue weighted by atomic mass is 32.2. The fourth-order valence-corrected chi connectivity index (χ4v) is 5.51. The van der Waals surface area contributed by atoms with Crippen LogP contribution in [0.1, 0.15) is 49.4 Å². The molecule has 0 radical (unpaired) electrons. The van der Waals surface area contributed by atoms with Crippen LogP contribution in [-0.2, 0) is 10.0 Å². The Morgan fingerprint density at radius 2 is 1.78 bits per heavy atom. The number of sulfonamides is 1. The molecule has 1 aromatic rings. The summed E-state index contributed by atoms with van der Waals surface area (Å²) in [6.45, 7) is 2.80. The summed E-state index contributed by atoms with van der Waals surface area (Å²) in [7, 11) is -3.88. The van der Waals surface area contributed by atoms with Crippen LogP contribution >= 0.6 is 0 Å². The average Bonchev–Trinajstić information content (AvgIpc) is 2.68. The number of rotatable bonds is 4. The van der Waals surface area contributed by atoms with E-state index in [-0.39, 0.29) is 53.3 Å². The number of amides is 1. The van der Waals surface area contributed by atoms with Crippen LogP contribution in [0.4, 0.5) is 0 Å². The van der Waals surface area contributed by atoms with Crippen molar-refractivity contribution in [3.05, 3.63) is 39.9 Å². The summed E-state index contributed by atoms with van der Waals surface area (Å²) in [5, 5.41) is 10.9. The summed E-state index contributed by atoms with van der Waals surface area (Å²) in [4.78, 5) is 25.4. The maximum atomic E-state index is 13.1. The normalized spacial score (nSPS) is 22.6. The van der Waals surface area contributed by atoms with Gasteiger partial charge in [-0.1, -0.05) is 12.1 Å². The lowest BCUT2D eigenvalue weighted by molar-refractivity contribution is -0.526. The fourth-order valence-electron chi connectivity index (χ4n) is 3.86. The summed E-state index contributed by atoms with van der Waals surface area (Å²) in [6, 6.07) is 5.66. The Hall–Kier alpha value is -2.00. The number of likely N-dealkylation sites (tertiary alicyclic amines) is 1. The van der Waals surface area contributed by atoms with Crippen molar-refractivity contribution >= 4 is 15.9 Å². The van der Waals surface area contributed by atoms with Gasteiger partial charge in [0.15, 0.2) is 0 Å². The molecule has 0 spiro atoms. The fraction of sp³-hybridized carbons (Fsp3) is 0.611. The number of carbonyl (C=O) groups is 1. The van der Waals surface area contributed by atoms with Crippen LogP contribution in [0.5, 0.6) is 0 Å². The smallest absolute Gasteiger partial charge is 0.255 e. The van der Waals surface area contributed by atoms with E-state index in [1.807, 2.05) is 6.92 Å². The molecule has 1 atom stereocenters. The highest BCUT2D eigenvalue weighted by Crippen LogP contribution is 2.27. The van der Waals surface area contributed by atoms with Gasteiger partial charge in [0.25, 0.3) is 5.91 Å². The topological polar surface area (TPSA) is 101 Å². The Balaban J connectivity index is 1.86. The predicted octanol–water partition coefficient (Wildman–Crippen LogP) is 2.13. The van der Waals surface area contributed by atoms with Gasteiger partial charge in [0.2, 0.25) is 16.1 Å². The second-order valence-electron chi connectivity index (χ2n) is 7.26. The van der Waals surface area contributed by atoms with Gasteiger partial charge < -0.3 is 4.90 Å². The standard InChI is InChI=1S/C18H25N3O5S/c1-14-6-4-5-11-20(14)18(22)16-7-2-3-8-17(16)27(25,26)19-12-9-15(10-13-19)21(23)24/h2-3,7-8,14-15H,4-6,9-13H2,1H3. The summed E-state index contributed by atoms with van der Waals surface area (Å²) >= 11 is 0. The molecular formula is C18H25N3O5S. The monoisotopic (exact) mass is 395 g/mol. The molecule has 8 nitrogen and oxygen atoms in total. The van der Waals surface area contributed by atoms with Gasteiger partial charge in [0.1, 0.15) is 0 Å². The van der Waals surface area contributed by atoms with Gasteiger partial charge in [-0.15, -0.1) is 0 Å². The zero-order valence-electron chi connectivity index (χ0n) is 15.4. The predicted molar refractivity (Wildman–Crippen MR) is 99.6 cm³/mol. The van der Waals surface area contributed by atoms with Gasteiger partial charge in [-0.2, -0.15) is 4.31 Å². The maximum absolute atomic E-state index is 13.1. The Morgan fingerprint density at radius 1 is 1.11 bits per heavy atom. The molecular weight excluding hydrogens is 370 g/mol. The van der Waals surface area contributed by atoms with Gasteiger partial charge in [-0.25, -0.2) is 8.42 Å². The molecule has 9 heteroatoms. The molecule has 0 aromatic heterocycles. The lowest BCUT2D eigenvalue weighted by atomic mass is 10.0. The van der Waals surface area contributed by atoms with Gasteiger partial charge in [-0.3, -0.25) is 14.9 Å². The Labute approximate surface area is 159 Å². The van der Waals surface area contributed by atoms with Crippen LogP contribution in [-0.4, -0.2) is 60.2 Å². The molecule has 1 amide bonds. The van der Waals surface area contributed by atoms with Gasteiger partial charge >= 0.3 is 0 Å². The second-order valence-corrected chi connectivity index (χ2v) is 9.17. The molecule has 0 saturated carbocycles. The summed E-state index contributed by atoms with van der Waals surface area (Å²) in [5.74, 6) is -0.262. The Morgan fingerprint density at radius 3 is 2.41 bits per heavy atom. The Bertz CT molecular complexity index is 818. The zero-order chi connectivity index (χ0) is 19.6. The van der Waals surface area contributed by atoms with Crippen LogP contribution in [0, 0.1) is 10.1 Å². The second kappa shape index (κ2) is 7.93. The molecule has 2 aliphatic rings. The zero-order valence-corrected chi connectivity index (χ0v) is 16.2. The highest BCUT2D eigenvalue weighted by Gasteiger charge is 2.36. The van der Waals surface area contributed by atoms with Crippen LogP contribution < -0.4 is 0 Å². The number of hydrogen-bond acceptors (Lipinski definition) is 5. The number of benzene rings is 1. The number of hydrogen-bond donors (Lipinski definition) is 0. The minimum Gasteiger partial charge on any atom is -0.336 e. The van der Waals surface area contributed by atoms with Crippen molar-refractivity contribution in [2.24, 2.45) is 0 Å². The van der Waals surface area contributed by atoms with Crippen molar-refractivity contribution < 1.29 is 18.1 Å². The SMILES string of the molecule is CC1CCCCN1C(=O)c1ccccc1S(=O)(=O)N1CCC([N+](=O)[O-])CC1. The minimum atomic E-state index is -3.88. The molecule has 2 fully saturated rings. The van der Waals surface area contributed by atoms with Gasteiger partial charge in [0.05, 0.1) is 10.5 Å². The first-order valence-electron chi connectivity index (χ1n) is 9.36. The molecule has 2 aliphatic heterocycles. The van der Waals surface area contributed by atoms with Crippen LogP contribution in [0.25, 0.3) is 0 Å². The van der Waals surface area contributed by atoms with Crippen molar-refractivity contribution in [1.29, 1.82) is 0 Å². The maximum Gasteiger partial charge on any atom is 0.255 e. The first-order valence-corrected chi connectivity index (χ1v) is 10.8. The Kier molecular flexibility index (Phi) is 5.81. The summed E-state index contributed by atoms with van der Waals surface area (Å²) in [6.07, 6.45) is 3.27. The van der Waals surface area contributed by atoms with Crippen LogP contribution in [0.3, 0.4) is 0 Å². The molecule has 27 heavy (non-hydrogen) atoms. The molecule has 0 aliphatic carbocycles. The van der Waals surface area contributed by atoms with E-state index in [9.17, 15) is 23.3 Å². The average molecular weight is 395 g/mol. The van der Waals surface area contributed by atoms with E-state index in [4.69, 9.17) is 0 Å². The van der Waals surface area contributed by atoms with Crippen molar-refractivity contribution in [2.75, 3.05) is 19.6 Å². The first kappa shape index (κ1) is 19.8. The van der Waals surface area contributed by atoms with Crippen molar-refractivity contribution in [1.82, 2.24) is 9.21 Å². The highest BCUT2D eigenvalue weighted by molar-refractivity contribution is 7.89. The number of nitrogens with zero attached hydrogens (tertiary/aromatic N) is 3. The summed E-state index contributed by atoms with van der Waals surface area (Å²) in [5.41, 5.74) is 0.183. The largest absolute Gasteiger partial charge is 0.336 e. The van der Waals surface area contributed by atoms with Crippen molar-refractivity contribution in [3.8, 4) is 0 Å². The first-order chi connectivity index (χ1) is 12.8. The van der Waals surface area contributed by atoms with E-state index >= 15 is 0 Å². The molecule has 3 rings (SSSR count). The van der Waals surface area contributed by atoms with E-state index in [0.717, 1.165) is 19.3 Å². The molecule has 0 bridgehead atoms. The van der Waals surface area contributed by atoms with Gasteiger partial charge in [-0.05, 0) is 38.3 Å². The molecule has 148 valence electrons. The van der Waals surface area contributed by atoms with E-state index in [1.54, 1.807) is 23.1 Å². The quantitative estimate of drug-likeness (QED) is 0.574. The van der Waals surface area contributed by atoms with E-state index < -0.39 is 16.1 Å². The number of nitro groups is 1. The molecule has 0 N–H and O–H groups in total. The lowest BCUT2D eigenvalue weighted by Crippen LogP contribution is -2.44. The van der Waals surface area contributed by atoms with Crippen molar-refractivity contribution in [2.45, 2.75) is 56.0 Å². The van der Waals surface area contributed by atoms with E-state index in [1.165, 1.54) is 10.4 Å². The molecule has 1 unspecified atom stereocenters. The number of piperidine rings is 2. The van der Waals surface area contributed by atoms with E-state index in [0.29, 0.717) is 6.54 Å². The van der Waals surface area contributed by atoms with E-state index in [2.05, 4.69) is 0 Å². The third-order valence-corrected chi connectivity index (χ3v) is 7.48. The molecule has 2 saturated heterocycles. The molecule has 1 aromatic carbocycles. The molecule has 2 heterocycles. The third-order valence-electron chi connectivity index (χ3n) is 5.52. The minimum absolute atomic E-state index is 0.00711. The van der Waals surface area contributed by atoms with Crippen LogP contribution in [0.2, 0.25) is 0 Å². The van der Waals surface area contributed by atoms with Gasteiger partial charge in [0, 0.05) is 43.4 Å². The number of carbonyl (C=O) groups excluding carboxylic acids is 1. The third kappa shape index (κ3) is 3.98.